The largest absolute Gasteiger partial charge is 0.487 e. The third-order valence-corrected chi connectivity index (χ3v) is 6.49. The highest BCUT2D eigenvalue weighted by Crippen LogP contribution is 2.36. The smallest absolute Gasteiger partial charge is 0.335 e. The summed E-state index contributed by atoms with van der Waals surface area (Å²) >= 11 is 6.90. The summed E-state index contributed by atoms with van der Waals surface area (Å²) in [7, 11) is 0. The van der Waals surface area contributed by atoms with Crippen molar-refractivity contribution in [2.75, 3.05) is 4.90 Å². The molecule has 4 amide bonds. The number of aromatic carboxylic acids is 1. The van der Waals surface area contributed by atoms with Crippen molar-refractivity contribution in [1.82, 2.24) is 5.32 Å². The Morgan fingerprint density at radius 1 is 1.00 bits per heavy atom. The lowest BCUT2D eigenvalue weighted by Crippen LogP contribution is -2.54. The number of amides is 4. The standard InChI is InChI=1S/C26H18Br2N2O6/c1-14-2-8-18(9-3-14)30-24(32)19(23(31)29-26(30)35)10-16-11-20(27)22(21(28)12-16)36-13-15-4-6-17(7-5-15)25(33)34/h2-12H,13H2,1H3,(H,33,34)(H,29,31,35)/b19-10+. The van der Waals surface area contributed by atoms with Crippen molar-refractivity contribution >= 4 is 67.4 Å². The van der Waals surface area contributed by atoms with Gasteiger partial charge in [-0.15, -0.1) is 0 Å². The zero-order valence-corrected chi connectivity index (χ0v) is 21.9. The van der Waals surface area contributed by atoms with Crippen molar-refractivity contribution in [3.8, 4) is 5.75 Å². The molecule has 0 bridgehead atoms. The lowest BCUT2D eigenvalue weighted by molar-refractivity contribution is -0.122. The van der Waals surface area contributed by atoms with E-state index in [9.17, 15) is 19.2 Å². The number of rotatable bonds is 6. The van der Waals surface area contributed by atoms with Crippen LogP contribution in [0, 0.1) is 6.92 Å². The van der Waals surface area contributed by atoms with E-state index in [4.69, 9.17) is 9.84 Å². The molecule has 0 unspecified atom stereocenters. The van der Waals surface area contributed by atoms with Crippen LogP contribution in [0.5, 0.6) is 5.75 Å². The Morgan fingerprint density at radius 3 is 2.19 bits per heavy atom. The minimum Gasteiger partial charge on any atom is -0.487 e. The van der Waals surface area contributed by atoms with Gasteiger partial charge in [0.2, 0.25) is 0 Å². The van der Waals surface area contributed by atoms with Crippen LogP contribution in [0.3, 0.4) is 0 Å². The number of imide groups is 2. The van der Waals surface area contributed by atoms with E-state index in [1.807, 2.05) is 6.92 Å². The van der Waals surface area contributed by atoms with Crippen LogP contribution in [0.2, 0.25) is 0 Å². The van der Waals surface area contributed by atoms with Gasteiger partial charge in [-0.2, -0.15) is 0 Å². The van der Waals surface area contributed by atoms with Gasteiger partial charge in [-0.25, -0.2) is 14.5 Å². The Kier molecular flexibility index (Phi) is 7.37. The quantitative estimate of drug-likeness (QED) is 0.282. The van der Waals surface area contributed by atoms with Gasteiger partial charge >= 0.3 is 12.0 Å². The number of hydrogen-bond donors (Lipinski definition) is 2. The average Bonchev–Trinajstić information content (AvgIpc) is 2.82. The van der Waals surface area contributed by atoms with E-state index in [0.717, 1.165) is 16.0 Å². The summed E-state index contributed by atoms with van der Waals surface area (Å²) in [6.45, 7) is 2.07. The Bertz CT molecular complexity index is 1390. The van der Waals surface area contributed by atoms with Gasteiger partial charge in [-0.1, -0.05) is 29.8 Å². The van der Waals surface area contributed by atoms with Gasteiger partial charge in [0, 0.05) is 0 Å². The van der Waals surface area contributed by atoms with Gasteiger partial charge in [-0.05, 0) is 92.4 Å². The lowest BCUT2D eigenvalue weighted by atomic mass is 10.1. The van der Waals surface area contributed by atoms with Gasteiger partial charge in [0.15, 0.2) is 0 Å². The Hall–Kier alpha value is -3.76. The van der Waals surface area contributed by atoms with Gasteiger partial charge < -0.3 is 9.84 Å². The van der Waals surface area contributed by atoms with Gasteiger partial charge in [0.25, 0.3) is 11.8 Å². The number of carboxylic acid groups (broad SMARTS) is 1. The maximum absolute atomic E-state index is 13.1. The summed E-state index contributed by atoms with van der Waals surface area (Å²) in [5, 5.41) is 11.2. The molecule has 182 valence electrons. The molecule has 0 spiro atoms. The summed E-state index contributed by atoms with van der Waals surface area (Å²) in [5.41, 5.74) is 2.59. The summed E-state index contributed by atoms with van der Waals surface area (Å²) in [6.07, 6.45) is 1.40. The highest BCUT2D eigenvalue weighted by Gasteiger charge is 2.36. The van der Waals surface area contributed by atoms with Crippen molar-refractivity contribution in [1.29, 1.82) is 0 Å². The summed E-state index contributed by atoms with van der Waals surface area (Å²) in [5.74, 6) is -2.04. The van der Waals surface area contributed by atoms with Gasteiger partial charge in [0.1, 0.15) is 17.9 Å². The summed E-state index contributed by atoms with van der Waals surface area (Å²) in [6, 6.07) is 15.7. The third-order valence-electron chi connectivity index (χ3n) is 5.31. The van der Waals surface area contributed by atoms with Crippen LogP contribution in [0.25, 0.3) is 6.08 Å². The number of halogens is 2. The highest BCUT2D eigenvalue weighted by atomic mass is 79.9. The van der Waals surface area contributed by atoms with Crippen LogP contribution in [0.15, 0.2) is 75.2 Å². The first-order valence-corrected chi connectivity index (χ1v) is 12.1. The van der Waals surface area contributed by atoms with Gasteiger partial charge in [-0.3, -0.25) is 14.9 Å². The van der Waals surface area contributed by atoms with Crippen LogP contribution in [-0.2, 0) is 16.2 Å². The van der Waals surface area contributed by atoms with Crippen LogP contribution < -0.4 is 15.0 Å². The number of urea groups is 1. The fraction of sp³-hybridized carbons (Fsp3) is 0.0769. The number of carbonyl (C=O) groups is 4. The number of nitrogens with zero attached hydrogens (tertiary/aromatic N) is 1. The molecule has 1 saturated heterocycles. The monoisotopic (exact) mass is 612 g/mol. The fourth-order valence-corrected chi connectivity index (χ4v) is 4.90. The first kappa shape index (κ1) is 25.3. The number of carbonyl (C=O) groups excluding carboxylic acids is 3. The molecule has 1 aliphatic heterocycles. The molecule has 10 heteroatoms. The highest BCUT2D eigenvalue weighted by molar-refractivity contribution is 9.11. The van der Waals surface area contributed by atoms with E-state index in [1.54, 1.807) is 48.5 Å². The lowest BCUT2D eigenvalue weighted by Gasteiger charge is -2.26. The zero-order chi connectivity index (χ0) is 26.0. The number of aryl methyl sites for hydroxylation is 1. The van der Waals surface area contributed by atoms with E-state index in [1.165, 1.54) is 18.2 Å². The number of ether oxygens (including phenoxy) is 1. The van der Waals surface area contributed by atoms with E-state index in [2.05, 4.69) is 37.2 Å². The predicted molar refractivity (Wildman–Crippen MR) is 140 cm³/mol. The minimum atomic E-state index is -1.01. The molecule has 0 atom stereocenters. The molecule has 1 fully saturated rings. The molecule has 1 heterocycles. The molecule has 8 nitrogen and oxygen atoms in total. The Labute approximate surface area is 222 Å². The molecule has 1 aliphatic rings. The molecule has 36 heavy (non-hydrogen) atoms. The molecule has 0 aliphatic carbocycles. The number of hydrogen-bond acceptors (Lipinski definition) is 5. The van der Waals surface area contributed by atoms with Crippen LogP contribution in [0.1, 0.15) is 27.0 Å². The number of carboxylic acids is 1. The molecule has 4 rings (SSSR count). The van der Waals surface area contributed by atoms with E-state index < -0.39 is 23.8 Å². The number of barbiturate groups is 1. The molecule has 2 N–H and O–H groups in total. The molecule has 3 aromatic rings. The van der Waals surface area contributed by atoms with Crippen LogP contribution in [-0.4, -0.2) is 28.9 Å². The molecule has 3 aromatic carbocycles. The molecule has 0 saturated carbocycles. The summed E-state index contributed by atoms with van der Waals surface area (Å²) < 4.78 is 6.99. The first-order chi connectivity index (χ1) is 17.1. The van der Waals surface area contributed by atoms with E-state index >= 15 is 0 Å². The molecular weight excluding hydrogens is 596 g/mol. The normalized spacial score (nSPS) is 14.7. The Balaban J connectivity index is 1.57. The van der Waals surface area contributed by atoms with Crippen molar-refractivity contribution in [2.24, 2.45) is 0 Å². The third kappa shape index (κ3) is 5.39. The zero-order valence-electron chi connectivity index (χ0n) is 18.7. The second kappa shape index (κ2) is 10.5. The molecule has 0 aromatic heterocycles. The first-order valence-electron chi connectivity index (χ1n) is 10.6. The van der Waals surface area contributed by atoms with Crippen LogP contribution >= 0.6 is 31.9 Å². The molecule has 0 radical (unpaired) electrons. The summed E-state index contributed by atoms with van der Waals surface area (Å²) in [4.78, 5) is 49.9. The van der Waals surface area contributed by atoms with Crippen LogP contribution in [0.4, 0.5) is 10.5 Å². The molecular formula is C26H18Br2N2O6. The van der Waals surface area contributed by atoms with E-state index in [0.29, 0.717) is 25.9 Å². The van der Waals surface area contributed by atoms with Crippen molar-refractivity contribution < 1.29 is 29.0 Å². The predicted octanol–water partition coefficient (Wildman–Crippen LogP) is 5.46. The average molecular weight is 614 g/mol. The maximum Gasteiger partial charge on any atom is 0.335 e. The van der Waals surface area contributed by atoms with Gasteiger partial charge in [0.05, 0.1) is 20.2 Å². The SMILES string of the molecule is Cc1ccc(N2C(=O)NC(=O)/C(=C\c3cc(Br)c(OCc4ccc(C(=O)O)cc4)c(Br)c3)C2=O)cc1. The van der Waals surface area contributed by atoms with Crippen molar-refractivity contribution in [2.45, 2.75) is 13.5 Å². The second-order valence-corrected chi connectivity index (χ2v) is 9.61. The Morgan fingerprint density at radius 2 is 1.61 bits per heavy atom. The maximum atomic E-state index is 13.1. The van der Waals surface area contributed by atoms with Crippen molar-refractivity contribution in [3.05, 3.63) is 97.4 Å². The van der Waals surface area contributed by atoms with Crippen molar-refractivity contribution in [3.63, 3.8) is 0 Å². The second-order valence-electron chi connectivity index (χ2n) is 7.90. The number of benzene rings is 3. The number of nitrogens with one attached hydrogen (secondary N) is 1. The fourth-order valence-electron chi connectivity index (χ4n) is 3.45. The van der Waals surface area contributed by atoms with E-state index in [-0.39, 0.29) is 17.7 Å². The minimum absolute atomic E-state index is 0.183. The number of anilines is 1. The topological polar surface area (TPSA) is 113 Å².